The van der Waals surface area contributed by atoms with Crippen LogP contribution < -0.4 is 4.74 Å². The van der Waals surface area contributed by atoms with Gasteiger partial charge in [0.05, 0.1) is 12.7 Å². The van der Waals surface area contributed by atoms with Gasteiger partial charge in [0.2, 0.25) is 0 Å². The highest BCUT2D eigenvalue weighted by molar-refractivity contribution is 5.90. The largest absolute Gasteiger partial charge is 0.507 e. The summed E-state index contributed by atoms with van der Waals surface area (Å²) >= 11 is 0. The van der Waals surface area contributed by atoms with Gasteiger partial charge in [-0.1, -0.05) is 49.3 Å². The second-order valence-electron chi connectivity index (χ2n) is 7.31. The number of phenolic OH excluding ortho intramolecular Hbond substituents is 2. The number of hydrogen-bond acceptors (Lipinski definition) is 4. The van der Waals surface area contributed by atoms with Crippen molar-refractivity contribution < 1.29 is 19.7 Å². The van der Waals surface area contributed by atoms with E-state index >= 15 is 0 Å². The van der Waals surface area contributed by atoms with Crippen molar-refractivity contribution >= 4 is 12.4 Å². The first-order valence-corrected chi connectivity index (χ1v) is 9.47. The number of unbranched alkanes of at least 4 members (excludes halogenated alkanes) is 1. The van der Waals surface area contributed by atoms with Crippen molar-refractivity contribution in [3.05, 3.63) is 46.6 Å². The fourth-order valence-electron chi connectivity index (χ4n) is 3.84. The standard InChI is InChI=1S/C23H30O4/c1-6-7-8-9-17-19(13-24)21(25)20(23(27-5)22(17)26)18-12-15(4)10-11-16(18)14(2)3/h8-9,12-13,16,18,25-26H,2,6-7,10-11H2,1,3-5H3/b9-8+. The molecule has 0 fully saturated rings. The molecule has 146 valence electrons. The summed E-state index contributed by atoms with van der Waals surface area (Å²) in [6.07, 6.45) is 9.85. The molecule has 0 saturated carbocycles. The zero-order valence-corrected chi connectivity index (χ0v) is 16.7. The molecule has 0 aliphatic heterocycles. The number of carbonyl (C=O) groups excluding carboxylic acids is 1. The zero-order chi connectivity index (χ0) is 20.1. The van der Waals surface area contributed by atoms with E-state index in [1.807, 2.05) is 26.8 Å². The van der Waals surface area contributed by atoms with Crippen LogP contribution in [0.3, 0.4) is 0 Å². The van der Waals surface area contributed by atoms with Gasteiger partial charge in [-0.25, -0.2) is 0 Å². The smallest absolute Gasteiger partial charge is 0.168 e. The Morgan fingerprint density at radius 2 is 2.04 bits per heavy atom. The summed E-state index contributed by atoms with van der Waals surface area (Å²) in [5.41, 5.74) is 3.05. The van der Waals surface area contributed by atoms with E-state index < -0.39 is 0 Å². The molecule has 1 aliphatic carbocycles. The Morgan fingerprint density at radius 3 is 2.59 bits per heavy atom. The van der Waals surface area contributed by atoms with Gasteiger partial charge in [-0.3, -0.25) is 4.79 Å². The lowest BCUT2D eigenvalue weighted by Crippen LogP contribution is -2.18. The van der Waals surface area contributed by atoms with E-state index in [1.54, 1.807) is 6.08 Å². The Kier molecular flexibility index (Phi) is 6.89. The number of hydrogen-bond donors (Lipinski definition) is 2. The van der Waals surface area contributed by atoms with E-state index in [0.717, 1.165) is 31.3 Å². The fraction of sp³-hybridized carbons (Fsp3) is 0.435. The molecular weight excluding hydrogens is 340 g/mol. The summed E-state index contributed by atoms with van der Waals surface area (Å²) in [4.78, 5) is 11.8. The van der Waals surface area contributed by atoms with Gasteiger partial charge in [-0.05, 0) is 39.0 Å². The molecule has 0 bridgehead atoms. The van der Waals surface area contributed by atoms with Gasteiger partial charge >= 0.3 is 0 Å². The third-order valence-corrected chi connectivity index (χ3v) is 5.29. The van der Waals surface area contributed by atoms with Crippen LogP contribution >= 0.6 is 0 Å². The van der Waals surface area contributed by atoms with Crippen molar-refractivity contribution in [3.8, 4) is 17.2 Å². The highest BCUT2D eigenvalue weighted by Gasteiger charge is 2.34. The molecule has 1 aliphatic rings. The predicted molar refractivity (Wildman–Crippen MR) is 110 cm³/mol. The maximum atomic E-state index is 11.8. The topological polar surface area (TPSA) is 66.8 Å². The Bertz CT molecular complexity index is 786. The van der Waals surface area contributed by atoms with Gasteiger partial charge in [0.25, 0.3) is 0 Å². The van der Waals surface area contributed by atoms with Gasteiger partial charge < -0.3 is 14.9 Å². The van der Waals surface area contributed by atoms with Gasteiger partial charge in [-0.2, -0.15) is 0 Å². The average Bonchev–Trinajstić information content (AvgIpc) is 2.63. The lowest BCUT2D eigenvalue weighted by molar-refractivity contribution is 0.112. The van der Waals surface area contributed by atoms with Crippen molar-refractivity contribution in [2.45, 2.75) is 52.4 Å². The van der Waals surface area contributed by atoms with Crippen molar-refractivity contribution in [2.24, 2.45) is 5.92 Å². The summed E-state index contributed by atoms with van der Waals surface area (Å²) in [5, 5.41) is 21.8. The Labute approximate surface area is 161 Å². The van der Waals surface area contributed by atoms with Crippen molar-refractivity contribution in [2.75, 3.05) is 7.11 Å². The van der Waals surface area contributed by atoms with Crippen molar-refractivity contribution in [3.63, 3.8) is 0 Å². The van der Waals surface area contributed by atoms with Crippen LogP contribution in [0.4, 0.5) is 0 Å². The Morgan fingerprint density at radius 1 is 1.33 bits per heavy atom. The monoisotopic (exact) mass is 370 g/mol. The summed E-state index contributed by atoms with van der Waals surface area (Å²) in [5.74, 6) is -0.121. The van der Waals surface area contributed by atoms with Gasteiger partial charge in [0.15, 0.2) is 17.8 Å². The molecule has 0 aromatic heterocycles. The molecule has 4 heteroatoms. The van der Waals surface area contributed by atoms with Crippen molar-refractivity contribution in [1.29, 1.82) is 0 Å². The minimum atomic E-state index is -0.204. The number of aromatic hydroxyl groups is 2. The SMILES string of the molecule is C=C(C)C1CCC(C)=CC1c1c(O)c(C=O)c(/C=C/CCC)c(O)c1OC. The van der Waals surface area contributed by atoms with E-state index in [-0.39, 0.29) is 34.6 Å². The Balaban J connectivity index is 2.76. The quantitative estimate of drug-likeness (QED) is 0.364. The number of aldehydes is 1. The first kappa shape index (κ1) is 20.8. The molecule has 0 spiro atoms. The first-order chi connectivity index (χ1) is 12.9. The lowest BCUT2D eigenvalue weighted by Gasteiger charge is -2.32. The van der Waals surface area contributed by atoms with Crippen LogP contribution in [-0.2, 0) is 0 Å². The van der Waals surface area contributed by atoms with Crippen LogP contribution in [-0.4, -0.2) is 23.6 Å². The van der Waals surface area contributed by atoms with E-state index in [2.05, 4.69) is 12.7 Å². The molecule has 2 atom stereocenters. The van der Waals surface area contributed by atoms with Crippen LogP contribution in [0.1, 0.15) is 73.9 Å². The summed E-state index contributed by atoms with van der Waals surface area (Å²) in [7, 11) is 1.47. The van der Waals surface area contributed by atoms with Crippen LogP contribution in [0.15, 0.2) is 29.9 Å². The maximum Gasteiger partial charge on any atom is 0.168 e. The minimum absolute atomic E-state index is 0.0905. The highest BCUT2D eigenvalue weighted by Crippen LogP contribution is 2.51. The molecule has 1 aromatic carbocycles. The third kappa shape index (κ3) is 4.10. The van der Waals surface area contributed by atoms with Crippen LogP contribution in [0.25, 0.3) is 6.08 Å². The number of methoxy groups -OCH3 is 1. The molecule has 0 amide bonds. The number of phenols is 2. The number of carbonyl (C=O) groups is 1. The number of ether oxygens (including phenoxy) is 1. The van der Waals surface area contributed by atoms with Gasteiger partial charge in [-0.15, -0.1) is 0 Å². The van der Waals surface area contributed by atoms with E-state index in [1.165, 1.54) is 12.7 Å². The molecule has 2 rings (SSSR count). The van der Waals surface area contributed by atoms with Gasteiger partial charge in [0, 0.05) is 17.0 Å². The number of benzene rings is 1. The minimum Gasteiger partial charge on any atom is -0.507 e. The highest BCUT2D eigenvalue weighted by atomic mass is 16.5. The zero-order valence-electron chi connectivity index (χ0n) is 16.7. The summed E-state index contributed by atoms with van der Waals surface area (Å²) < 4.78 is 5.50. The summed E-state index contributed by atoms with van der Waals surface area (Å²) in [6.45, 7) is 10.2. The van der Waals surface area contributed by atoms with Gasteiger partial charge in [0.1, 0.15) is 5.75 Å². The van der Waals surface area contributed by atoms with Crippen LogP contribution in [0.2, 0.25) is 0 Å². The number of rotatable bonds is 7. The van der Waals surface area contributed by atoms with Crippen molar-refractivity contribution in [1.82, 2.24) is 0 Å². The third-order valence-electron chi connectivity index (χ3n) is 5.29. The molecule has 0 saturated heterocycles. The molecule has 27 heavy (non-hydrogen) atoms. The molecular formula is C23H30O4. The van der Waals surface area contributed by atoms with E-state index in [9.17, 15) is 15.0 Å². The molecule has 4 nitrogen and oxygen atoms in total. The van der Waals surface area contributed by atoms with E-state index in [0.29, 0.717) is 17.4 Å². The first-order valence-electron chi connectivity index (χ1n) is 9.47. The normalized spacial score (nSPS) is 19.8. The Hall–Kier alpha value is -2.49. The molecule has 2 unspecified atom stereocenters. The predicted octanol–water partition coefficient (Wildman–Crippen LogP) is 5.75. The second-order valence-corrected chi connectivity index (χ2v) is 7.31. The lowest BCUT2D eigenvalue weighted by atomic mass is 9.73. The van der Waals surface area contributed by atoms with Crippen LogP contribution in [0, 0.1) is 5.92 Å². The van der Waals surface area contributed by atoms with Crippen LogP contribution in [0.5, 0.6) is 17.2 Å². The summed E-state index contributed by atoms with van der Waals surface area (Å²) in [6, 6.07) is 0. The molecule has 2 N–H and O–H groups in total. The maximum absolute atomic E-state index is 11.8. The van der Waals surface area contributed by atoms with E-state index in [4.69, 9.17) is 4.74 Å². The number of allylic oxidation sites excluding steroid dienone is 4. The molecule has 1 aromatic rings. The average molecular weight is 370 g/mol. The molecule has 0 heterocycles. The molecule has 0 radical (unpaired) electrons. The second kappa shape index (κ2) is 8.94. The fourth-order valence-corrected chi connectivity index (χ4v) is 3.84.